The van der Waals surface area contributed by atoms with Crippen LogP contribution in [0, 0.1) is 0 Å². The van der Waals surface area contributed by atoms with E-state index in [1.165, 1.54) is 19.0 Å². The van der Waals surface area contributed by atoms with E-state index in [0.29, 0.717) is 0 Å². The van der Waals surface area contributed by atoms with E-state index in [4.69, 9.17) is 9.47 Å². The van der Waals surface area contributed by atoms with Crippen molar-refractivity contribution in [2.45, 2.75) is 24.9 Å². The number of piperidine rings is 1. The van der Waals surface area contributed by atoms with Crippen LogP contribution in [-0.4, -0.2) is 52.9 Å². The molecule has 126 valence electrons. The van der Waals surface area contributed by atoms with Gasteiger partial charge in [-0.05, 0) is 24.8 Å². The molecule has 2 aromatic heterocycles. The Labute approximate surface area is 139 Å². The second kappa shape index (κ2) is 5.86. The molecule has 0 radical (unpaired) electrons. The van der Waals surface area contributed by atoms with Gasteiger partial charge in [0.2, 0.25) is 0 Å². The van der Waals surface area contributed by atoms with E-state index in [0.717, 1.165) is 50.5 Å². The zero-order valence-corrected chi connectivity index (χ0v) is 13.5. The van der Waals surface area contributed by atoms with Crippen LogP contribution < -0.4 is 4.90 Å². The van der Waals surface area contributed by atoms with E-state index in [1.807, 2.05) is 6.20 Å². The number of H-pyrrole nitrogens is 1. The van der Waals surface area contributed by atoms with Crippen LogP contribution in [0.4, 0.5) is 5.82 Å². The minimum atomic E-state index is -0.454. The number of fused-ring (bicyclic) bond motifs is 2. The predicted molar refractivity (Wildman–Crippen MR) is 84.7 cm³/mol. The third-order valence-electron chi connectivity index (χ3n) is 4.87. The summed E-state index contributed by atoms with van der Waals surface area (Å²) in [5.41, 5.74) is 2.36. The number of esters is 1. The number of ether oxygens (including phenoxy) is 2. The highest BCUT2D eigenvalue weighted by molar-refractivity contribution is 5.87. The summed E-state index contributed by atoms with van der Waals surface area (Å²) < 4.78 is 10.9. The molecule has 2 aliphatic heterocycles. The highest BCUT2D eigenvalue weighted by Gasteiger charge is 2.42. The van der Waals surface area contributed by atoms with E-state index in [2.05, 4.69) is 25.1 Å². The largest absolute Gasteiger partial charge is 0.464 e. The standard InChI is InChI=1S/C16H19N5O3/c1-23-15(22)12-8-13(18-10-17-12)21-5-3-16(4-6-21)14-11(2-7-24-16)9-19-20-14/h8-10H,2-7H2,1H3,(H,19,20). The molecule has 0 bridgehead atoms. The lowest BCUT2D eigenvalue weighted by Crippen LogP contribution is -2.47. The summed E-state index contributed by atoms with van der Waals surface area (Å²) in [6.07, 6.45) is 5.90. The molecule has 2 aromatic rings. The zero-order valence-electron chi connectivity index (χ0n) is 13.5. The number of aromatic nitrogens is 4. The molecule has 8 nitrogen and oxygen atoms in total. The minimum absolute atomic E-state index is 0.271. The van der Waals surface area contributed by atoms with E-state index in [9.17, 15) is 4.79 Å². The monoisotopic (exact) mass is 329 g/mol. The Morgan fingerprint density at radius 1 is 1.38 bits per heavy atom. The van der Waals surface area contributed by atoms with Crippen LogP contribution in [0.5, 0.6) is 0 Å². The van der Waals surface area contributed by atoms with Crippen LogP contribution in [0.3, 0.4) is 0 Å². The molecule has 0 aliphatic carbocycles. The van der Waals surface area contributed by atoms with Gasteiger partial charge in [-0.15, -0.1) is 0 Å². The summed E-state index contributed by atoms with van der Waals surface area (Å²) in [5, 5.41) is 7.30. The molecule has 0 atom stereocenters. The Balaban J connectivity index is 1.53. The van der Waals surface area contributed by atoms with Crippen molar-refractivity contribution in [2.75, 3.05) is 31.7 Å². The number of methoxy groups -OCH3 is 1. The van der Waals surface area contributed by atoms with Gasteiger partial charge in [-0.25, -0.2) is 14.8 Å². The maximum atomic E-state index is 11.6. The van der Waals surface area contributed by atoms with Gasteiger partial charge in [0.15, 0.2) is 5.69 Å². The second-order valence-corrected chi connectivity index (χ2v) is 6.10. The number of carbonyl (C=O) groups is 1. The average Bonchev–Trinajstić information content (AvgIpc) is 3.12. The molecule has 24 heavy (non-hydrogen) atoms. The van der Waals surface area contributed by atoms with Crippen molar-refractivity contribution in [3.05, 3.63) is 35.5 Å². The molecule has 0 aromatic carbocycles. The van der Waals surface area contributed by atoms with Crippen LogP contribution in [0.15, 0.2) is 18.6 Å². The number of nitrogens with zero attached hydrogens (tertiary/aromatic N) is 4. The summed E-state index contributed by atoms with van der Waals surface area (Å²) in [7, 11) is 1.34. The van der Waals surface area contributed by atoms with Crippen LogP contribution in [0.2, 0.25) is 0 Å². The van der Waals surface area contributed by atoms with E-state index >= 15 is 0 Å². The summed E-state index contributed by atoms with van der Waals surface area (Å²) in [6, 6.07) is 1.67. The first kappa shape index (κ1) is 15.1. The second-order valence-electron chi connectivity index (χ2n) is 6.10. The maximum Gasteiger partial charge on any atom is 0.356 e. The van der Waals surface area contributed by atoms with Gasteiger partial charge in [0.05, 0.1) is 25.6 Å². The number of aromatic amines is 1. The van der Waals surface area contributed by atoms with Crippen molar-refractivity contribution in [1.82, 2.24) is 20.2 Å². The lowest BCUT2D eigenvalue weighted by Gasteiger charge is -2.43. The van der Waals surface area contributed by atoms with Crippen molar-refractivity contribution in [2.24, 2.45) is 0 Å². The molecule has 0 saturated carbocycles. The first-order chi connectivity index (χ1) is 11.7. The number of carbonyl (C=O) groups excluding carboxylic acids is 1. The predicted octanol–water partition coefficient (Wildman–Crippen LogP) is 1.05. The Kier molecular flexibility index (Phi) is 3.68. The van der Waals surface area contributed by atoms with E-state index < -0.39 is 5.97 Å². The fraction of sp³-hybridized carbons (Fsp3) is 0.500. The molecule has 1 saturated heterocycles. The Bertz CT molecular complexity index is 752. The summed E-state index contributed by atoms with van der Waals surface area (Å²) in [5.74, 6) is 0.283. The van der Waals surface area contributed by atoms with Crippen molar-refractivity contribution < 1.29 is 14.3 Å². The van der Waals surface area contributed by atoms with Gasteiger partial charge in [-0.2, -0.15) is 5.10 Å². The fourth-order valence-electron chi connectivity index (χ4n) is 3.55. The summed E-state index contributed by atoms with van der Waals surface area (Å²) >= 11 is 0. The highest BCUT2D eigenvalue weighted by Crippen LogP contribution is 2.40. The van der Waals surface area contributed by atoms with Crippen molar-refractivity contribution in [3.63, 3.8) is 0 Å². The quantitative estimate of drug-likeness (QED) is 0.823. The molecule has 4 rings (SSSR count). The van der Waals surface area contributed by atoms with Crippen molar-refractivity contribution in [1.29, 1.82) is 0 Å². The minimum Gasteiger partial charge on any atom is -0.464 e. The molecule has 1 N–H and O–H groups in total. The maximum absolute atomic E-state index is 11.6. The van der Waals surface area contributed by atoms with Crippen molar-refractivity contribution >= 4 is 11.8 Å². The molecule has 4 heterocycles. The summed E-state index contributed by atoms with van der Waals surface area (Å²) in [6.45, 7) is 2.30. The van der Waals surface area contributed by atoms with Crippen molar-refractivity contribution in [3.8, 4) is 0 Å². The van der Waals surface area contributed by atoms with Gasteiger partial charge >= 0.3 is 5.97 Å². The lowest BCUT2D eigenvalue weighted by molar-refractivity contribution is -0.0796. The van der Waals surface area contributed by atoms with Crippen LogP contribution in [0.25, 0.3) is 0 Å². The number of rotatable bonds is 2. The topological polar surface area (TPSA) is 93.2 Å². The zero-order chi connectivity index (χ0) is 16.6. The molecule has 0 amide bonds. The van der Waals surface area contributed by atoms with Crippen LogP contribution in [-0.2, 0) is 21.5 Å². The first-order valence-corrected chi connectivity index (χ1v) is 8.04. The number of nitrogens with one attached hydrogen (secondary N) is 1. The number of hydrogen-bond donors (Lipinski definition) is 1. The third-order valence-corrected chi connectivity index (χ3v) is 4.87. The van der Waals surface area contributed by atoms with Gasteiger partial charge in [0, 0.05) is 19.2 Å². The summed E-state index contributed by atoms with van der Waals surface area (Å²) in [4.78, 5) is 22.0. The first-order valence-electron chi connectivity index (χ1n) is 8.04. The number of hydrogen-bond acceptors (Lipinski definition) is 7. The van der Waals surface area contributed by atoms with E-state index in [1.54, 1.807) is 6.07 Å². The van der Waals surface area contributed by atoms with Gasteiger partial charge < -0.3 is 14.4 Å². The SMILES string of the molecule is COC(=O)c1cc(N2CCC3(CC2)OCCc2cn[nH]c23)ncn1. The Hall–Kier alpha value is -2.48. The average molecular weight is 329 g/mol. The molecule has 1 fully saturated rings. The third kappa shape index (κ3) is 2.43. The normalized spacial score (nSPS) is 19.1. The lowest BCUT2D eigenvalue weighted by atomic mass is 9.84. The van der Waals surface area contributed by atoms with Gasteiger partial charge in [-0.1, -0.05) is 0 Å². The smallest absolute Gasteiger partial charge is 0.356 e. The fourth-order valence-corrected chi connectivity index (χ4v) is 3.55. The van der Waals surface area contributed by atoms with Gasteiger partial charge in [0.1, 0.15) is 17.7 Å². The molecule has 8 heteroatoms. The molecule has 2 aliphatic rings. The molecule has 0 unspecified atom stereocenters. The van der Waals surface area contributed by atoms with Crippen LogP contribution in [0.1, 0.15) is 34.6 Å². The molecular weight excluding hydrogens is 310 g/mol. The Morgan fingerprint density at radius 2 is 2.21 bits per heavy atom. The van der Waals surface area contributed by atoms with Crippen LogP contribution >= 0.6 is 0 Å². The highest BCUT2D eigenvalue weighted by atomic mass is 16.5. The van der Waals surface area contributed by atoms with E-state index in [-0.39, 0.29) is 11.3 Å². The molecule has 1 spiro atoms. The van der Waals surface area contributed by atoms with Gasteiger partial charge in [0.25, 0.3) is 0 Å². The number of anilines is 1. The van der Waals surface area contributed by atoms with Gasteiger partial charge in [-0.3, -0.25) is 5.10 Å². The molecular formula is C16H19N5O3. The Morgan fingerprint density at radius 3 is 3.00 bits per heavy atom.